The first-order valence-corrected chi connectivity index (χ1v) is 5.66. The van der Waals surface area contributed by atoms with Gasteiger partial charge in [0.1, 0.15) is 16.6 Å². The summed E-state index contributed by atoms with van der Waals surface area (Å²) in [6, 6.07) is 6.39. The topological polar surface area (TPSA) is 43.6 Å². The number of pyridine rings is 1. The van der Waals surface area contributed by atoms with Crippen LogP contribution in [0.25, 0.3) is 11.5 Å². The molecule has 0 atom stereocenters. The Hall–Kier alpha value is -1.23. The Bertz CT molecular complexity index is 490. The maximum atomic E-state index is 4.38. The number of hydrogen-bond acceptors (Lipinski definition) is 3. The maximum Gasteiger partial charge on any atom is 0.182 e. The van der Waals surface area contributed by atoms with Crippen molar-refractivity contribution in [3.63, 3.8) is 0 Å². The molecule has 0 amide bonds. The minimum absolute atomic E-state index is 0.579. The molecule has 0 bridgehead atoms. The van der Waals surface area contributed by atoms with Crippen LogP contribution >= 0.6 is 15.9 Å². The van der Waals surface area contributed by atoms with Crippen LogP contribution in [0, 0.1) is 0 Å². The maximum absolute atomic E-state index is 4.38. The minimum atomic E-state index is 0.579. The van der Waals surface area contributed by atoms with E-state index in [0.717, 1.165) is 16.1 Å². The predicted octanol–water partition coefficient (Wildman–Crippen LogP) is 2.44. The van der Waals surface area contributed by atoms with Crippen molar-refractivity contribution >= 4 is 15.9 Å². The molecule has 2 aromatic rings. The van der Waals surface area contributed by atoms with Crippen LogP contribution in [0.15, 0.2) is 29.1 Å². The van der Waals surface area contributed by atoms with Crippen LogP contribution in [0.1, 0.15) is 18.9 Å². The van der Waals surface area contributed by atoms with Crippen LogP contribution in [0.5, 0.6) is 0 Å². The zero-order chi connectivity index (χ0) is 10.3. The second-order valence-corrected chi connectivity index (χ2v) is 4.45. The molecular formula is C10H9BrN4. The molecule has 0 saturated heterocycles. The SMILES string of the molecule is Brc1cccc(-c2nncn2C2CC2)n1. The molecule has 0 N–H and O–H groups in total. The van der Waals surface area contributed by atoms with Crippen molar-refractivity contribution in [2.24, 2.45) is 0 Å². The Balaban J connectivity index is 2.07. The summed E-state index contributed by atoms with van der Waals surface area (Å²) >= 11 is 3.36. The summed E-state index contributed by atoms with van der Waals surface area (Å²) < 4.78 is 2.93. The predicted molar refractivity (Wildman–Crippen MR) is 59.2 cm³/mol. The van der Waals surface area contributed by atoms with Crippen molar-refractivity contribution in [1.82, 2.24) is 19.7 Å². The highest BCUT2D eigenvalue weighted by Crippen LogP contribution is 2.37. The molecule has 0 aliphatic heterocycles. The quantitative estimate of drug-likeness (QED) is 0.783. The van der Waals surface area contributed by atoms with Gasteiger partial charge in [0.15, 0.2) is 5.82 Å². The first kappa shape index (κ1) is 9.03. The van der Waals surface area contributed by atoms with E-state index in [2.05, 4.69) is 35.7 Å². The first-order chi connectivity index (χ1) is 7.34. The van der Waals surface area contributed by atoms with Crippen molar-refractivity contribution in [1.29, 1.82) is 0 Å². The lowest BCUT2D eigenvalue weighted by molar-refractivity contribution is 0.743. The lowest BCUT2D eigenvalue weighted by Crippen LogP contribution is -1.97. The molecule has 76 valence electrons. The van der Waals surface area contributed by atoms with Gasteiger partial charge in [0.25, 0.3) is 0 Å². The molecule has 15 heavy (non-hydrogen) atoms. The molecule has 2 aromatic heterocycles. The van der Waals surface area contributed by atoms with E-state index < -0.39 is 0 Å². The fraction of sp³-hybridized carbons (Fsp3) is 0.300. The summed E-state index contributed by atoms with van der Waals surface area (Å²) in [6.45, 7) is 0. The van der Waals surface area contributed by atoms with Crippen molar-refractivity contribution in [2.75, 3.05) is 0 Å². The number of rotatable bonds is 2. The average Bonchev–Trinajstić information content (AvgIpc) is 2.96. The Morgan fingerprint density at radius 2 is 2.20 bits per heavy atom. The van der Waals surface area contributed by atoms with Gasteiger partial charge in [-0.05, 0) is 40.9 Å². The Kier molecular flexibility index (Phi) is 2.05. The van der Waals surface area contributed by atoms with E-state index in [1.807, 2.05) is 18.2 Å². The van der Waals surface area contributed by atoms with Crippen LogP contribution < -0.4 is 0 Å². The normalized spacial score (nSPS) is 15.5. The van der Waals surface area contributed by atoms with E-state index in [-0.39, 0.29) is 0 Å². The minimum Gasteiger partial charge on any atom is -0.309 e. The molecule has 5 heteroatoms. The van der Waals surface area contributed by atoms with Crippen LogP contribution in [-0.2, 0) is 0 Å². The van der Waals surface area contributed by atoms with E-state index in [1.165, 1.54) is 12.8 Å². The summed E-state index contributed by atoms with van der Waals surface area (Å²) in [5.41, 5.74) is 0.869. The summed E-state index contributed by atoms with van der Waals surface area (Å²) in [6.07, 6.45) is 4.23. The van der Waals surface area contributed by atoms with Crippen molar-refractivity contribution in [3.8, 4) is 11.5 Å². The van der Waals surface area contributed by atoms with Gasteiger partial charge in [-0.25, -0.2) is 4.98 Å². The van der Waals surface area contributed by atoms with Gasteiger partial charge in [0, 0.05) is 6.04 Å². The fourth-order valence-electron chi connectivity index (χ4n) is 1.58. The van der Waals surface area contributed by atoms with Crippen molar-refractivity contribution in [3.05, 3.63) is 29.1 Å². The third kappa shape index (κ3) is 1.67. The standard InChI is InChI=1S/C10H9BrN4/c11-9-3-1-2-8(13-9)10-14-12-6-15(10)7-4-5-7/h1-3,6-7H,4-5H2. The number of hydrogen-bond donors (Lipinski definition) is 0. The zero-order valence-corrected chi connectivity index (χ0v) is 9.55. The van der Waals surface area contributed by atoms with Crippen molar-refractivity contribution in [2.45, 2.75) is 18.9 Å². The van der Waals surface area contributed by atoms with Gasteiger partial charge in [-0.3, -0.25) is 0 Å². The first-order valence-electron chi connectivity index (χ1n) is 4.87. The number of nitrogens with zero attached hydrogens (tertiary/aromatic N) is 4. The lowest BCUT2D eigenvalue weighted by Gasteiger charge is -2.03. The number of aromatic nitrogens is 4. The van der Waals surface area contributed by atoms with E-state index in [0.29, 0.717) is 6.04 Å². The lowest BCUT2D eigenvalue weighted by atomic mass is 10.3. The van der Waals surface area contributed by atoms with Gasteiger partial charge < -0.3 is 4.57 Å². The molecule has 0 aromatic carbocycles. The van der Waals surface area contributed by atoms with Crippen LogP contribution in [0.3, 0.4) is 0 Å². The van der Waals surface area contributed by atoms with Crippen LogP contribution in [0.2, 0.25) is 0 Å². The van der Waals surface area contributed by atoms with Crippen LogP contribution in [-0.4, -0.2) is 19.7 Å². The average molecular weight is 265 g/mol. The zero-order valence-electron chi connectivity index (χ0n) is 7.97. The summed E-state index contributed by atoms with van der Waals surface area (Å²) in [4.78, 5) is 4.38. The van der Waals surface area contributed by atoms with Gasteiger partial charge in [0.05, 0.1) is 0 Å². The number of halogens is 1. The second kappa shape index (κ2) is 3.41. The Labute approximate surface area is 95.5 Å². The highest BCUT2D eigenvalue weighted by Gasteiger charge is 2.26. The molecule has 3 rings (SSSR count). The molecule has 1 saturated carbocycles. The molecular weight excluding hydrogens is 256 g/mol. The molecule has 1 fully saturated rings. The molecule has 1 aliphatic carbocycles. The third-order valence-corrected chi connectivity index (χ3v) is 2.90. The van der Waals surface area contributed by atoms with Crippen molar-refractivity contribution < 1.29 is 0 Å². The largest absolute Gasteiger partial charge is 0.309 e. The molecule has 4 nitrogen and oxygen atoms in total. The van der Waals surface area contributed by atoms with E-state index in [1.54, 1.807) is 6.33 Å². The van der Waals surface area contributed by atoms with Gasteiger partial charge in [-0.2, -0.15) is 0 Å². The molecule has 0 spiro atoms. The van der Waals surface area contributed by atoms with E-state index in [4.69, 9.17) is 0 Å². The van der Waals surface area contributed by atoms with Gasteiger partial charge in [0.2, 0.25) is 0 Å². The summed E-state index contributed by atoms with van der Waals surface area (Å²) in [7, 11) is 0. The molecule has 2 heterocycles. The fourth-order valence-corrected chi connectivity index (χ4v) is 1.92. The van der Waals surface area contributed by atoms with E-state index in [9.17, 15) is 0 Å². The van der Waals surface area contributed by atoms with Gasteiger partial charge >= 0.3 is 0 Å². The smallest absolute Gasteiger partial charge is 0.182 e. The molecule has 0 radical (unpaired) electrons. The summed E-state index contributed by atoms with van der Waals surface area (Å²) in [5, 5.41) is 8.07. The van der Waals surface area contributed by atoms with E-state index >= 15 is 0 Å². The monoisotopic (exact) mass is 264 g/mol. The summed E-state index contributed by atoms with van der Waals surface area (Å²) in [5.74, 6) is 0.860. The third-order valence-electron chi connectivity index (χ3n) is 2.46. The van der Waals surface area contributed by atoms with Crippen LogP contribution in [0.4, 0.5) is 0 Å². The molecule has 0 unspecified atom stereocenters. The Morgan fingerprint density at radius 1 is 1.33 bits per heavy atom. The van der Waals surface area contributed by atoms with Gasteiger partial charge in [-0.1, -0.05) is 6.07 Å². The molecule has 1 aliphatic rings. The Morgan fingerprint density at radius 3 is 2.93 bits per heavy atom. The highest BCUT2D eigenvalue weighted by atomic mass is 79.9. The van der Waals surface area contributed by atoms with Gasteiger partial charge in [-0.15, -0.1) is 10.2 Å². The second-order valence-electron chi connectivity index (χ2n) is 3.64. The highest BCUT2D eigenvalue weighted by molar-refractivity contribution is 9.10.